The fraction of sp³-hybridized carbons (Fsp3) is 0.0323. The number of para-hydroxylation sites is 2. The van der Waals surface area contributed by atoms with Crippen molar-refractivity contribution in [3.05, 3.63) is 126 Å². The van der Waals surface area contributed by atoms with Crippen LogP contribution in [0.1, 0.15) is 15.9 Å². The second-order valence-electron chi connectivity index (χ2n) is 8.58. The minimum Gasteiger partial charge on any atom is -0.484 e. The van der Waals surface area contributed by atoms with Gasteiger partial charge in [0.25, 0.3) is 11.8 Å². The van der Waals surface area contributed by atoms with Crippen molar-refractivity contribution in [3.8, 4) is 17.0 Å². The van der Waals surface area contributed by atoms with Crippen molar-refractivity contribution in [3.63, 3.8) is 0 Å². The number of amides is 2. The van der Waals surface area contributed by atoms with Gasteiger partial charge in [-0.25, -0.2) is 10.4 Å². The van der Waals surface area contributed by atoms with Crippen LogP contribution in [-0.2, 0) is 4.79 Å². The minimum atomic E-state index is -0.322. The highest BCUT2D eigenvalue weighted by atomic mass is 32.1. The average Bonchev–Trinajstić information content (AvgIpc) is 3.46. The predicted molar refractivity (Wildman–Crippen MR) is 159 cm³/mol. The molecule has 0 fully saturated rings. The van der Waals surface area contributed by atoms with Gasteiger partial charge in [0, 0.05) is 27.9 Å². The van der Waals surface area contributed by atoms with E-state index in [0.29, 0.717) is 17.0 Å². The van der Waals surface area contributed by atoms with Gasteiger partial charge in [0.2, 0.25) is 0 Å². The first-order chi connectivity index (χ1) is 19.6. The lowest BCUT2D eigenvalue weighted by Crippen LogP contribution is -2.20. The zero-order valence-electron chi connectivity index (χ0n) is 21.3. The number of anilines is 3. The molecule has 0 atom stereocenters. The summed E-state index contributed by atoms with van der Waals surface area (Å²) in [6.45, 7) is -0.106. The van der Waals surface area contributed by atoms with Crippen molar-refractivity contribution < 1.29 is 14.3 Å². The van der Waals surface area contributed by atoms with Crippen molar-refractivity contribution in [1.82, 2.24) is 10.4 Å². The maximum atomic E-state index is 12.5. The molecule has 8 nitrogen and oxygen atoms in total. The molecule has 0 aliphatic rings. The fourth-order valence-corrected chi connectivity index (χ4v) is 4.39. The standard InChI is InChI=1S/C31H25N5O3S/c37-29(33-25-7-3-1-4-8-25)20-39-27-17-11-22(12-18-27)19-32-36-30(38)24-15-13-23(14-16-24)28-21-40-31(35-28)34-26-9-5-2-6-10-26/h1-19,21H,20H2,(H,33,37)(H,34,35)(H,36,38)/b32-19+. The number of thiazole rings is 1. The number of nitrogens with one attached hydrogen (secondary N) is 3. The van der Waals surface area contributed by atoms with E-state index in [9.17, 15) is 9.59 Å². The van der Waals surface area contributed by atoms with E-state index >= 15 is 0 Å². The number of aromatic nitrogens is 1. The van der Waals surface area contributed by atoms with Crippen LogP contribution in [0.2, 0.25) is 0 Å². The Morgan fingerprint density at radius 3 is 2.20 bits per heavy atom. The molecule has 4 aromatic carbocycles. The lowest BCUT2D eigenvalue weighted by Gasteiger charge is -2.07. The van der Waals surface area contributed by atoms with Gasteiger partial charge in [-0.3, -0.25) is 9.59 Å². The summed E-state index contributed by atoms with van der Waals surface area (Å²) in [6.07, 6.45) is 1.54. The number of benzene rings is 4. The minimum absolute atomic E-state index is 0.106. The molecule has 5 aromatic rings. The zero-order chi connectivity index (χ0) is 27.6. The van der Waals surface area contributed by atoms with E-state index in [4.69, 9.17) is 4.74 Å². The molecule has 0 spiro atoms. The summed E-state index contributed by atoms with van der Waals surface area (Å²) in [5.74, 6) is -0.0200. The summed E-state index contributed by atoms with van der Waals surface area (Å²) in [6, 6.07) is 33.3. The van der Waals surface area contributed by atoms with E-state index in [1.807, 2.05) is 78.2 Å². The topological polar surface area (TPSA) is 105 Å². The molecule has 3 N–H and O–H groups in total. The molecule has 2 amide bonds. The highest BCUT2D eigenvalue weighted by Gasteiger charge is 2.08. The smallest absolute Gasteiger partial charge is 0.271 e. The SMILES string of the molecule is O=C(COc1ccc(/C=N/NC(=O)c2ccc(-c3csc(Nc4ccccc4)n3)cc2)cc1)Nc1ccccc1. The van der Waals surface area contributed by atoms with Crippen LogP contribution in [0.5, 0.6) is 5.75 Å². The van der Waals surface area contributed by atoms with Gasteiger partial charge in [-0.2, -0.15) is 5.10 Å². The molecular weight excluding hydrogens is 522 g/mol. The van der Waals surface area contributed by atoms with Gasteiger partial charge >= 0.3 is 0 Å². The summed E-state index contributed by atoms with van der Waals surface area (Å²) in [7, 11) is 0. The Hall–Kier alpha value is -5.28. The molecule has 1 heterocycles. The molecule has 0 aliphatic carbocycles. The second-order valence-corrected chi connectivity index (χ2v) is 9.44. The van der Waals surface area contributed by atoms with Crippen molar-refractivity contribution in [2.24, 2.45) is 5.10 Å². The largest absolute Gasteiger partial charge is 0.484 e. The van der Waals surface area contributed by atoms with E-state index in [1.165, 1.54) is 17.6 Å². The summed E-state index contributed by atoms with van der Waals surface area (Å²) in [5.41, 5.74) is 7.22. The number of carbonyl (C=O) groups is 2. The van der Waals surface area contributed by atoms with Crippen LogP contribution in [0.4, 0.5) is 16.5 Å². The van der Waals surface area contributed by atoms with Gasteiger partial charge < -0.3 is 15.4 Å². The van der Waals surface area contributed by atoms with Crippen LogP contribution in [0.25, 0.3) is 11.3 Å². The first-order valence-corrected chi connectivity index (χ1v) is 13.3. The van der Waals surface area contributed by atoms with Crippen LogP contribution < -0.4 is 20.8 Å². The van der Waals surface area contributed by atoms with Gasteiger partial charge in [0.15, 0.2) is 11.7 Å². The molecule has 1 aromatic heterocycles. The van der Waals surface area contributed by atoms with Crippen LogP contribution in [0, 0.1) is 0 Å². The Balaban J connectivity index is 1.08. The summed E-state index contributed by atoms with van der Waals surface area (Å²) in [5, 5.41) is 12.9. The van der Waals surface area contributed by atoms with Crippen LogP contribution >= 0.6 is 11.3 Å². The number of nitrogens with zero attached hydrogens (tertiary/aromatic N) is 2. The normalized spacial score (nSPS) is 10.7. The number of hydrogen-bond acceptors (Lipinski definition) is 7. The highest BCUT2D eigenvalue weighted by molar-refractivity contribution is 7.14. The Kier molecular flexibility index (Phi) is 8.55. The lowest BCUT2D eigenvalue weighted by molar-refractivity contribution is -0.118. The molecule has 5 rings (SSSR count). The Morgan fingerprint density at radius 1 is 0.825 bits per heavy atom. The van der Waals surface area contributed by atoms with E-state index in [2.05, 4.69) is 26.1 Å². The first-order valence-electron chi connectivity index (χ1n) is 12.4. The molecule has 0 bridgehead atoms. The maximum Gasteiger partial charge on any atom is 0.271 e. The second kappa shape index (κ2) is 13.0. The molecule has 0 saturated heterocycles. The third-order valence-electron chi connectivity index (χ3n) is 5.66. The third-order valence-corrected chi connectivity index (χ3v) is 6.42. The summed E-state index contributed by atoms with van der Waals surface area (Å²) < 4.78 is 5.53. The van der Waals surface area contributed by atoms with E-state index in [-0.39, 0.29) is 18.4 Å². The van der Waals surface area contributed by atoms with Gasteiger partial charge in [0.05, 0.1) is 11.9 Å². The predicted octanol–water partition coefficient (Wildman–Crippen LogP) is 6.34. The number of carbonyl (C=O) groups excluding carboxylic acids is 2. The molecule has 40 heavy (non-hydrogen) atoms. The van der Waals surface area contributed by atoms with E-state index in [0.717, 1.165) is 27.6 Å². The van der Waals surface area contributed by atoms with Crippen molar-refractivity contribution in [2.45, 2.75) is 0 Å². The van der Waals surface area contributed by atoms with Crippen molar-refractivity contribution in [1.29, 1.82) is 0 Å². The first kappa shape index (κ1) is 26.3. The lowest BCUT2D eigenvalue weighted by atomic mass is 10.1. The van der Waals surface area contributed by atoms with Gasteiger partial charge in [-0.15, -0.1) is 11.3 Å². The van der Waals surface area contributed by atoms with E-state index in [1.54, 1.807) is 36.4 Å². The molecule has 0 saturated carbocycles. The summed E-state index contributed by atoms with van der Waals surface area (Å²) >= 11 is 1.52. The molecule has 0 radical (unpaired) electrons. The molecular formula is C31H25N5O3S. The number of hydrazone groups is 1. The van der Waals surface area contributed by atoms with Crippen LogP contribution in [-0.4, -0.2) is 29.6 Å². The fourth-order valence-electron chi connectivity index (χ4n) is 3.65. The van der Waals surface area contributed by atoms with E-state index < -0.39 is 0 Å². The third kappa shape index (κ3) is 7.40. The number of rotatable bonds is 10. The Morgan fingerprint density at radius 2 is 1.50 bits per heavy atom. The number of hydrogen-bond donors (Lipinski definition) is 3. The van der Waals surface area contributed by atoms with Crippen molar-refractivity contribution >= 4 is 45.9 Å². The number of ether oxygens (including phenoxy) is 1. The maximum absolute atomic E-state index is 12.5. The van der Waals surface area contributed by atoms with Crippen LogP contribution in [0.15, 0.2) is 120 Å². The quantitative estimate of drug-likeness (QED) is 0.140. The van der Waals surface area contributed by atoms with Gasteiger partial charge in [-0.1, -0.05) is 48.5 Å². The van der Waals surface area contributed by atoms with Crippen molar-refractivity contribution in [2.75, 3.05) is 17.2 Å². The van der Waals surface area contributed by atoms with Crippen LogP contribution in [0.3, 0.4) is 0 Å². The Bertz CT molecular complexity index is 1590. The highest BCUT2D eigenvalue weighted by Crippen LogP contribution is 2.27. The molecule has 0 unspecified atom stereocenters. The van der Waals surface area contributed by atoms with Gasteiger partial charge in [-0.05, 0) is 66.2 Å². The molecule has 9 heteroatoms. The average molecular weight is 548 g/mol. The van der Waals surface area contributed by atoms with Gasteiger partial charge in [0.1, 0.15) is 5.75 Å². The molecule has 0 aliphatic heterocycles. The monoisotopic (exact) mass is 547 g/mol. The Labute approximate surface area is 235 Å². The molecule has 198 valence electrons. The summed E-state index contributed by atoms with van der Waals surface area (Å²) in [4.78, 5) is 29.2. The zero-order valence-corrected chi connectivity index (χ0v) is 22.1.